The molecule has 5 heteroatoms. The Bertz CT molecular complexity index is 526. The first kappa shape index (κ1) is 14.3. The number of nitro groups is 1. The van der Waals surface area contributed by atoms with E-state index in [4.69, 9.17) is 4.74 Å². The van der Waals surface area contributed by atoms with Crippen molar-refractivity contribution < 1.29 is 9.66 Å². The van der Waals surface area contributed by atoms with Gasteiger partial charge in [0, 0.05) is 23.9 Å². The Hall–Kier alpha value is -1.62. The van der Waals surface area contributed by atoms with Crippen LogP contribution in [0.1, 0.15) is 38.5 Å². The van der Waals surface area contributed by atoms with Crippen LogP contribution < -0.4 is 10.1 Å². The highest BCUT2D eigenvalue weighted by atomic mass is 16.6. The second kappa shape index (κ2) is 5.64. The minimum absolute atomic E-state index is 0.0661. The molecule has 21 heavy (non-hydrogen) atoms. The lowest BCUT2D eigenvalue weighted by Gasteiger charge is -2.57. The van der Waals surface area contributed by atoms with Gasteiger partial charge in [-0.2, -0.15) is 0 Å². The van der Waals surface area contributed by atoms with E-state index < -0.39 is 0 Å². The standard InChI is InChI=1S/C16H22N2O3/c1-17-14-11-15(16(14)9-5-2-6-10-16)21-13-8-4-3-7-12(13)18(19)20/h3-4,7-8,14-15,17H,2,5-6,9-11H2,1H3. The molecule has 1 aromatic rings. The lowest BCUT2D eigenvalue weighted by molar-refractivity contribution is -0.386. The minimum Gasteiger partial charge on any atom is -0.483 e. The van der Waals surface area contributed by atoms with Crippen LogP contribution in [0.25, 0.3) is 0 Å². The van der Waals surface area contributed by atoms with Crippen molar-refractivity contribution >= 4 is 5.69 Å². The molecule has 5 nitrogen and oxygen atoms in total. The molecule has 0 amide bonds. The number of para-hydroxylation sites is 2. The van der Waals surface area contributed by atoms with E-state index in [0.717, 1.165) is 19.3 Å². The summed E-state index contributed by atoms with van der Waals surface area (Å²) in [6.45, 7) is 0. The zero-order chi connectivity index (χ0) is 14.9. The fourth-order valence-corrected chi connectivity index (χ4v) is 4.06. The lowest BCUT2D eigenvalue weighted by Crippen LogP contribution is -2.64. The summed E-state index contributed by atoms with van der Waals surface area (Å²) in [7, 11) is 2.00. The number of nitrogens with zero attached hydrogens (tertiary/aromatic N) is 1. The van der Waals surface area contributed by atoms with Crippen molar-refractivity contribution in [1.29, 1.82) is 0 Å². The number of nitrogens with one attached hydrogen (secondary N) is 1. The molecule has 0 aliphatic heterocycles. The summed E-state index contributed by atoms with van der Waals surface area (Å²) >= 11 is 0. The SMILES string of the molecule is CNC1CC(Oc2ccccc2[N+](=O)[O-])C12CCCCC2. The Kier molecular flexibility index (Phi) is 3.85. The van der Waals surface area contributed by atoms with Crippen molar-refractivity contribution in [3.63, 3.8) is 0 Å². The van der Waals surface area contributed by atoms with Gasteiger partial charge in [0.15, 0.2) is 5.75 Å². The van der Waals surface area contributed by atoms with Crippen LogP contribution in [0.3, 0.4) is 0 Å². The van der Waals surface area contributed by atoms with Gasteiger partial charge in [-0.25, -0.2) is 0 Å². The number of hydrogen-bond donors (Lipinski definition) is 1. The number of ether oxygens (including phenoxy) is 1. The summed E-state index contributed by atoms with van der Waals surface area (Å²) in [6.07, 6.45) is 7.09. The molecule has 0 heterocycles. The van der Waals surface area contributed by atoms with Crippen molar-refractivity contribution in [3.05, 3.63) is 34.4 Å². The van der Waals surface area contributed by atoms with Crippen LogP contribution >= 0.6 is 0 Å². The van der Waals surface area contributed by atoms with Crippen molar-refractivity contribution in [2.24, 2.45) is 5.41 Å². The number of nitro benzene ring substituents is 1. The number of rotatable bonds is 4. The summed E-state index contributed by atoms with van der Waals surface area (Å²) < 4.78 is 6.09. The van der Waals surface area contributed by atoms with Gasteiger partial charge in [0.2, 0.25) is 0 Å². The zero-order valence-electron chi connectivity index (χ0n) is 12.4. The summed E-state index contributed by atoms with van der Waals surface area (Å²) in [4.78, 5) is 10.7. The molecule has 2 aliphatic carbocycles. The number of hydrogen-bond acceptors (Lipinski definition) is 4. The molecule has 2 atom stereocenters. The van der Waals surface area contributed by atoms with Crippen LogP contribution in [0.4, 0.5) is 5.69 Å². The van der Waals surface area contributed by atoms with E-state index in [9.17, 15) is 10.1 Å². The van der Waals surface area contributed by atoms with Gasteiger partial charge in [-0.05, 0) is 26.0 Å². The molecule has 2 saturated carbocycles. The predicted octanol–water partition coefficient (Wildman–Crippen LogP) is 3.28. The number of benzene rings is 1. The summed E-state index contributed by atoms with van der Waals surface area (Å²) in [6, 6.07) is 7.17. The lowest BCUT2D eigenvalue weighted by atomic mass is 9.55. The van der Waals surface area contributed by atoms with Crippen LogP contribution in [0, 0.1) is 15.5 Å². The maximum atomic E-state index is 11.1. The summed E-state index contributed by atoms with van der Waals surface area (Å²) in [5.74, 6) is 0.409. The van der Waals surface area contributed by atoms with E-state index in [1.54, 1.807) is 18.2 Å². The first-order chi connectivity index (χ1) is 10.2. The van der Waals surface area contributed by atoms with E-state index in [-0.39, 0.29) is 22.1 Å². The molecule has 0 bridgehead atoms. The van der Waals surface area contributed by atoms with Gasteiger partial charge < -0.3 is 10.1 Å². The van der Waals surface area contributed by atoms with E-state index in [2.05, 4.69) is 5.32 Å². The average molecular weight is 290 g/mol. The fraction of sp³-hybridized carbons (Fsp3) is 0.625. The van der Waals surface area contributed by atoms with Crippen molar-refractivity contribution in [2.75, 3.05) is 7.05 Å². The van der Waals surface area contributed by atoms with Crippen LogP contribution in [-0.2, 0) is 0 Å². The molecule has 0 aromatic heterocycles. The second-order valence-corrected chi connectivity index (χ2v) is 6.20. The van der Waals surface area contributed by atoms with Crippen LogP contribution in [0.15, 0.2) is 24.3 Å². The second-order valence-electron chi connectivity index (χ2n) is 6.20. The molecular formula is C16H22N2O3. The molecule has 1 aromatic carbocycles. The average Bonchev–Trinajstić information content (AvgIpc) is 2.52. The fourth-order valence-electron chi connectivity index (χ4n) is 4.06. The smallest absolute Gasteiger partial charge is 0.310 e. The largest absolute Gasteiger partial charge is 0.483 e. The monoisotopic (exact) mass is 290 g/mol. The van der Waals surface area contributed by atoms with Gasteiger partial charge in [0.1, 0.15) is 6.10 Å². The predicted molar refractivity (Wildman–Crippen MR) is 80.5 cm³/mol. The Balaban J connectivity index is 1.80. The van der Waals surface area contributed by atoms with E-state index in [1.807, 2.05) is 7.05 Å². The van der Waals surface area contributed by atoms with E-state index in [0.29, 0.717) is 11.8 Å². The molecule has 1 N–H and O–H groups in total. The highest BCUT2D eigenvalue weighted by Gasteiger charge is 2.56. The molecule has 2 fully saturated rings. The van der Waals surface area contributed by atoms with Gasteiger partial charge in [-0.3, -0.25) is 10.1 Å². The zero-order valence-corrected chi connectivity index (χ0v) is 12.4. The maximum absolute atomic E-state index is 11.1. The Morgan fingerprint density at radius 1 is 1.29 bits per heavy atom. The molecule has 3 rings (SSSR count). The molecule has 0 radical (unpaired) electrons. The molecule has 0 saturated heterocycles. The molecule has 114 valence electrons. The Labute approximate surface area is 124 Å². The van der Waals surface area contributed by atoms with E-state index >= 15 is 0 Å². The third-order valence-corrected chi connectivity index (χ3v) is 5.25. The van der Waals surface area contributed by atoms with Crippen molar-refractivity contribution in [1.82, 2.24) is 5.32 Å². The molecule has 1 spiro atoms. The minimum atomic E-state index is -0.364. The molecular weight excluding hydrogens is 268 g/mol. The third kappa shape index (κ3) is 2.39. The highest BCUT2D eigenvalue weighted by molar-refractivity contribution is 5.46. The molecule has 2 aliphatic rings. The van der Waals surface area contributed by atoms with Crippen LogP contribution in [-0.4, -0.2) is 24.1 Å². The first-order valence-corrected chi connectivity index (χ1v) is 7.75. The topological polar surface area (TPSA) is 64.4 Å². The quantitative estimate of drug-likeness (QED) is 0.682. The van der Waals surface area contributed by atoms with Crippen molar-refractivity contribution in [2.45, 2.75) is 50.7 Å². The van der Waals surface area contributed by atoms with E-state index in [1.165, 1.54) is 25.3 Å². The Morgan fingerprint density at radius 3 is 2.67 bits per heavy atom. The van der Waals surface area contributed by atoms with Gasteiger partial charge in [-0.15, -0.1) is 0 Å². The Morgan fingerprint density at radius 2 is 2.00 bits per heavy atom. The van der Waals surface area contributed by atoms with Gasteiger partial charge in [0.25, 0.3) is 0 Å². The van der Waals surface area contributed by atoms with Crippen molar-refractivity contribution in [3.8, 4) is 5.75 Å². The summed E-state index contributed by atoms with van der Waals surface area (Å²) in [5.41, 5.74) is 0.229. The first-order valence-electron chi connectivity index (χ1n) is 7.75. The third-order valence-electron chi connectivity index (χ3n) is 5.25. The maximum Gasteiger partial charge on any atom is 0.310 e. The highest BCUT2D eigenvalue weighted by Crippen LogP contribution is 2.53. The van der Waals surface area contributed by atoms with Gasteiger partial charge in [-0.1, -0.05) is 31.4 Å². The molecule has 2 unspecified atom stereocenters. The van der Waals surface area contributed by atoms with Crippen LogP contribution in [0.5, 0.6) is 5.75 Å². The van der Waals surface area contributed by atoms with Crippen LogP contribution in [0.2, 0.25) is 0 Å². The normalized spacial score (nSPS) is 27.1. The van der Waals surface area contributed by atoms with Gasteiger partial charge >= 0.3 is 5.69 Å². The van der Waals surface area contributed by atoms with Gasteiger partial charge in [0.05, 0.1) is 4.92 Å². The summed E-state index contributed by atoms with van der Waals surface area (Å²) in [5, 5.41) is 14.5.